The zero-order chi connectivity index (χ0) is 26.2. The number of furan rings is 2. The topological polar surface area (TPSA) is 26.3 Å². The summed E-state index contributed by atoms with van der Waals surface area (Å²) in [6.07, 6.45) is 0. The first-order chi connectivity index (χ1) is 19.8. The maximum atomic E-state index is 6.37. The molecule has 2 aromatic heterocycles. The van der Waals surface area contributed by atoms with Gasteiger partial charge in [0.1, 0.15) is 22.3 Å². The van der Waals surface area contributed by atoms with Crippen LogP contribution in [0.1, 0.15) is 0 Å². The molecule has 186 valence electrons. The lowest BCUT2D eigenvalue weighted by Gasteiger charge is -2.10. The zero-order valence-electron chi connectivity index (χ0n) is 21.5. The second-order valence-corrected chi connectivity index (χ2v) is 10.5. The van der Waals surface area contributed by atoms with Crippen molar-refractivity contribution in [2.45, 2.75) is 0 Å². The molecule has 0 aliphatic heterocycles. The average Bonchev–Trinajstić information content (AvgIpc) is 3.59. The van der Waals surface area contributed by atoms with E-state index in [0.717, 1.165) is 66.1 Å². The Morgan fingerprint density at radius 3 is 1.25 bits per heavy atom. The first-order valence-electron chi connectivity index (χ1n) is 13.6. The van der Waals surface area contributed by atoms with E-state index >= 15 is 0 Å². The van der Waals surface area contributed by atoms with E-state index in [1.54, 1.807) is 0 Å². The van der Waals surface area contributed by atoms with Crippen molar-refractivity contribution < 1.29 is 8.83 Å². The lowest BCUT2D eigenvalue weighted by molar-refractivity contribution is 0.669. The quantitative estimate of drug-likeness (QED) is 0.216. The van der Waals surface area contributed by atoms with Gasteiger partial charge in [-0.25, -0.2) is 0 Å². The van der Waals surface area contributed by atoms with Crippen LogP contribution in [0.15, 0.2) is 142 Å². The summed E-state index contributed by atoms with van der Waals surface area (Å²) < 4.78 is 12.7. The lowest BCUT2D eigenvalue weighted by Crippen LogP contribution is -1.84. The predicted molar refractivity (Wildman–Crippen MR) is 167 cm³/mol. The molecule has 0 N–H and O–H groups in total. The second-order valence-electron chi connectivity index (χ2n) is 10.5. The van der Waals surface area contributed by atoms with E-state index < -0.39 is 0 Å². The van der Waals surface area contributed by atoms with Crippen molar-refractivity contribution in [3.8, 4) is 22.3 Å². The van der Waals surface area contributed by atoms with Crippen molar-refractivity contribution in [3.63, 3.8) is 0 Å². The fourth-order valence-electron chi connectivity index (χ4n) is 6.33. The molecule has 0 aliphatic rings. The first-order valence-corrected chi connectivity index (χ1v) is 13.6. The molecule has 2 heteroatoms. The van der Waals surface area contributed by atoms with Crippen LogP contribution >= 0.6 is 0 Å². The smallest absolute Gasteiger partial charge is 0.143 e. The molecular formula is C38H22O2. The van der Waals surface area contributed by atoms with Gasteiger partial charge >= 0.3 is 0 Å². The Hall–Kier alpha value is -5.34. The van der Waals surface area contributed by atoms with E-state index in [9.17, 15) is 0 Å². The molecule has 9 rings (SSSR count). The Morgan fingerprint density at radius 1 is 0.325 bits per heavy atom. The van der Waals surface area contributed by atoms with Crippen LogP contribution in [0, 0.1) is 0 Å². The van der Waals surface area contributed by atoms with Crippen LogP contribution < -0.4 is 0 Å². The highest BCUT2D eigenvalue weighted by molar-refractivity contribution is 6.14. The van der Waals surface area contributed by atoms with E-state index in [2.05, 4.69) is 109 Å². The third-order valence-corrected chi connectivity index (χ3v) is 8.27. The number of para-hydroxylation sites is 4. The van der Waals surface area contributed by atoms with Crippen LogP contribution in [-0.4, -0.2) is 0 Å². The molecular weight excluding hydrogens is 488 g/mol. The van der Waals surface area contributed by atoms with Crippen LogP contribution in [0.5, 0.6) is 0 Å². The summed E-state index contributed by atoms with van der Waals surface area (Å²) in [6.45, 7) is 0. The minimum atomic E-state index is 0.917. The number of fused-ring (bicyclic) bond motifs is 9. The molecule has 9 aromatic rings. The van der Waals surface area contributed by atoms with Gasteiger partial charge in [0.05, 0.1) is 0 Å². The summed E-state index contributed by atoms with van der Waals surface area (Å²) in [4.78, 5) is 0. The van der Waals surface area contributed by atoms with Crippen molar-refractivity contribution in [2.75, 3.05) is 0 Å². The second kappa shape index (κ2) is 8.08. The summed E-state index contributed by atoms with van der Waals surface area (Å²) >= 11 is 0. The van der Waals surface area contributed by atoms with Gasteiger partial charge in [0.15, 0.2) is 0 Å². The highest BCUT2D eigenvalue weighted by Crippen LogP contribution is 2.40. The molecule has 7 aromatic carbocycles. The van der Waals surface area contributed by atoms with E-state index in [1.807, 2.05) is 24.3 Å². The maximum absolute atomic E-state index is 6.37. The predicted octanol–water partition coefficient (Wildman–Crippen LogP) is 11.1. The van der Waals surface area contributed by atoms with E-state index in [0.29, 0.717) is 0 Å². The van der Waals surface area contributed by atoms with E-state index in [-0.39, 0.29) is 0 Å². The Morgan fingerprint density at radius 2 is 0.750 bits per heavy atom. The van der Waals surface area contributed by atoms with Crippen LogP contribution in [0.3, 0.4) is 0 Å². The molecule has 0 bridgehead atoms. The van der Waals surface area contributed by atoms with Crippen LogP contribution in [0.4, 0.5) is 0 Å². The largest absolute Gasteiger partial charge is 0.455 e. The summed E-state index contributed by atoms with van der Waals surface area (Å²) in [7, 11) is 0. The van der Waals surface area contributed by atoms with Gasteiger partial charge in [0.25, 0.3) is 0 Å². The van der Waals surface area contributed by atoms with Crippen molar-refractivity contribution in [1.82, 2.24) is 0 Å². The normalized spacial score (nSPS) is 12.0. The highest BCUT2D eigenvalue weighted by Gasteiger charge is 2.15. The van der Waals surface area contributed by atoms with Crippen molar-refractivity contribution in [2.24, 2.45) is 0 Å². The molecule has 0 amide bonds. The molecule has 40 heavy (non-hydrogen) atoms. The van der Waals surface area contributed by atoms with Crippen molar-refractivity contribution in [3.05, 3.63) is 133 Å². The molecule has 0 atom stereocenters. The third kappa shape index (κ3) is 3.05. The number of hydrogen-bond donors (Lipinski definition) is 0. The zero-order valence-corrected chi connectivity index (χ0v) is 21.5. The van der Waals surface area contributed by atoms with E-state index in [4.69, 9.17) is 8.83 Å². The van der Waals surface area contributed by atoms with Gasteiger partial charge in [-0.05, 0) is 56.9 Å². The summed E-state index contributed by atoms with van der Waals surface area (Å²) in [5, 5.41) is 9.47. The summed E-state index contributed by atoms with van der Waals surface area (Å²) in [6, 6.07) is 47.3. The van der Waals surface area contributed by atoms with Crippen LogP contribution in [-0.2, 0) is 0 Å². The minimum Gasteiger partial charge on any atom is -0.455 e. The first kappa shape index (κ1) is 21.6. The van der Waals surface area contributed by atoms with Crippen molar-refractivity contribution in [1.29, 1.82) is 0 Å². The van der Waals surface area contributed by atoms with Gasteiger partial charge in [-0.15, -0.1) is 0 Å². The lowest BCUT2D eigenvalue weighted by atomic mass is 9.94. The highest BCUT2D eigenvalue weighted by atomic mass is 16.3. The number of rotatable bonds is 2. The molecule has 0 radical (unpaired) electrons. The van der Waals surface area contributed by atoms with Gasteiger partial charge in [-0.3, -0.25) is 0 Å². The van der Waals surface area contributed by atoms with Crippen LogP contribution in [0.2, 0.25) is 0 Å². The molecule has 0 saturated carbocycles. The SMILES string of the molecule is c1ccc2c(c1)oc1c(-c3ccc4ccc5ccc(-c6cccc7c6oc6ccccc67)cc5c4c3)cccc12. The Labute approximate surface area is 229 Å². The third-order valence-electron chi connectivity index (χ3n) is 8.27. The van der Waals surface area contributed by atoms with Crippen molar-refractivity contribution >= 4 is 65.4 Å². The molecule has 2 nitrogen and oxygen atoms in total. The molecule has 0 spiro atoms. The monoisotopic (exact) mass is 510 g/mol. The van der Waals surface area contributed by atoms with Gasteiger partial charge in [-0.1, -0.05) is 109 Å². The molecule has 0 aliphatic carbocycles. The molecule has 2 heterocycles. The molecule has 0 unspecified atom stereocenters. The van der Waals surface area contributed by atoms with E-state index in [1.165, 1.54) is 21.5 Å². The van der Waals surface area contributed by atoms with Gasteiger partial charge < -0.3 is 8.83 Å². The van der Waals surface area contributed by atoms with Gasteiger partial charge in [0, 0.05) is 32.7 Å². The average molecular weight is 511 g/mol. The Bertz CT molecular complexity index is 2260. The van der Waals surface area contributed by atoms with Gasteiger partial charge in [0.2, 0.25) is 0 Å². The Balaban J connectivity index is 1.28. The van der Waals surface area contributed by atoms with Crippen LogP contribution in [0.25, 0.3) is 87.7 Å². The Kier molecular flexibility index (Phi) is 4.36. The number of hydrogen-bond acceptors (Lipinski definition) is 2. The molecule has 0 saturated heterocycles. The fraction of sp³-hybridized carbons (Fsp3) is 0. The fourth-order valence-corrected chi connectivity index (χ4v) is 6.33. The van der Waals surface area contributed by atoms with Gasteiger partial charge in [-0.2, -0.15) is 0 Å². The maximum Gasteiger partial charge on any atom is 0.143 e. The summed E-state index contributed by atoms with van der Waals surface area (Å²) in [5.74, 6) is 0. The number of benzene rings is 7. The molecule has 0 fully saturated rings. The minimum absolute atomic E-state index is 0.917. The standard InChI is InChI=1S/C38H22O2/c1-3-13-35-29(7-1)31-11-5-9-27(37(31)39-35)25-19-17-23-15-16-24-18-20-26(22-34(24)33(23)21-25)28-10-6-12-32-30-8-2-4-14-36(30)40-38(28)32/h1-22H. The summed E-state index contributed by atoms with van der Waals surface area (Å²) in [5.41, 5.74) is 8.21.